The third-order valence-corrected chi connectivity index (χ3v) is 5.82. The summed E-state index contributed by atoms with van der Waals surface area (Å²) in [6.45, 7) is 5.33. The van der Waals surface area contributed by atoms with Gasteiger partial charge in [-0.25, -0.2) is 9.79 Å². The van der Waals surface area contributed by atoms with E-state index in [9.17, 15) is 9.59 Å². The number of carbonyl (C=O) groups is 1. The van der Waals surface area contributed by atoms with Crippen molar-refractivity contribution in [2.24, 2.45) is 4.99 Å². The molecule has 7 nitrogen and oxygen atoms in total. The van der Waals surface area contributed by atoms with Crippen LogP contribution in [0.15, 0.2) is 68.1 Å². The van der Waals surface area contributed by atoms with E-state index in [1.807, 2.05) is 12.1 Å². The average Bonchev–Trinajstić information content (AvgIpc) is 3.35. The number of ether oxygens (including phenoxy) is 2. The van der Waals surface area contributed by atoms with E-state index in [-0.39, 0.29) is 11.7 Å². The van der Waals surface area contributed by atoms with Crippen LogP contribution in [0.2, 0.25) is 0 Å². The molecular formula is C23H22N2O5S. The van der Waals surface area contributed by atoms with Crippen LogP contribution in [-0.2, 0) is 9.53 Å². The molecule has 31 heavy (non-hydrogen) atoms. The fraction of sp³-hybridized carbons (Fsp3) is 0.261. The quantitative estimate of drug-likeness (QED) is 0.572. The van der Waals surface area contributed by atoms with Crippen molar-refractivity contribution in [2.75, 3.05) is 7.11 Å². The molecule has 1 aromatic carbocycles. The number of aromatic nitrogens is 1. The minimum atomic E-state index is -0.660. The number of carbonyl (C=O) groups excluding carboxylic acids is 1. The van der Waals surface area contributed by atoms with Crippen molar-refractivity contribution in [1.82, 2.24) is 4.57 Å². The number of benzene rings is 1. The predicted octanol–water partition coefficient (Wildman–Crippen LogP) is 2.79. The van der Waals surface area contributed by atoms with Crippen molar-refractivity contribution in [1.29, 1.82) is 0 Å². The number of thiazole rings is 1. The molecule has 0 spiro atoms. The molecule has 8 heteroatoms. The van der Waals surface area contributed by atoms with Crippen LogP contribution in [0.5, 0.6) is 5.75 Å². The van der Waals surface area contributed by atoms with Crippen LogP contribution in [0.1, 0.15) is 38.1 Å². The van der Waals surface area contributed by atoms with E-state index >= 15 is 0 Å². The van der Waals surface area contributed by atoms with Gasteiger partial charge in [0.2, 0.25) is 0 Å². The molecule has 0 bridgehead atoms. The van der Waals surface area contributed by atoms with E-state index in [2.05, 4.69) is 4.99 Å². The summed E-state index contributed by atoms with van der Waals surface area (Å²) in [4.78, 5) is 31.5. The molecule has 1 unspecified atom stereocenters. The van der Waals surface area contributed by atoms with Crippen LogP contribution in [-0.4, -0.2) is 23.8 Å². The zero-order valence-corrected chi connectivity index (χ0v) is 18.4. The van der Waals surface area contributed by atoms with E-state index in [4.69, 9.17) is 13.9 Å². The highest BCUT2D eigenvalue weighted by molar-refractivity contribution is 7.07. The highest BCUT2D eigenvalue weighted by atomic mass is 32.1. The first-order valence-corrected chi connectivity index (χ1v) is 10.6. The van der Waals surface area contributed by atoms with Crippen LogP contribution >= 0.6 is 11.3 Å². The molecule has 1 aliphatic rings. The summed E-state index contributed by atoms with van der Waals surface area (Å²) in [6.07, 6.45) is 2.93. The molecule has 0 amide bonds. The molecule has 0 aliphatic carbocycles. The summed E-state index contributed by atoms with van der Waals surface area (Å²) in [5, 5.41) is 0. The molecule has 3 aromatic rings. The first kappa shape index (κ1) is 20.9. The van der Waals surface area contributed by atoms with Gasteiger partial charge in [-0.15, -0.1) is 0 Å². The summed E-state index contributed by atoms with van der Waals surface area (Å²) in [7, 11) is 1.59. The number of methoxy groups -OCH3 is 1. The highest BCUT2D eigenvalue weighted by Crippen LogP contribution is 2.31. The number of furan rings is 1. The maximum absolute atomic E-state index is 13.4. The van der Waals surface area contributed by atoms with Gasteiger partial charge < -0.3 is 13.9 Å². The third kappa shape index (κ3) is 3.98. The van der Waals surface area contributed by atoms with Crippen molar-refractivity contribution < 1.29 is 18.7 Å². The Morgan fingerprint density at radius 1 is 1.26 bits per heavy atom. The summed E-state index contributed by atoms with van der Waals surface area (Å²) in [5.41, 5.74) is 1.38. The molecular weight excluding hydrogens is 416 g/mol. The van der Waals surface area contributed by atoms with Gasteiger partial charge in [-0.2, -0.15) is 0 Å². The predicted molar refractivity (Wildman–Crippen MR) is 117 cm³/mol. The van der Waals surface area contributed by atoms with Gasteiger partial charge in [0, 0.05) is 6.08 Å². The van der Waals surface area contributed by atoms with Crippen LogP contribution in [0.4, 0.5) is 0 Å². The Balaban J connectivity index is 1.94. The second kappa shape index (κ2) is 8.39. The van der Waals surface area contributed by atoms with Crippen molar-refractivity contribution in [2.45, 2.75) is 32.9 Å². The fourth-order valence-corrected chi connectivity index (χ4v) is 4.49. The smallest absolute Gasteiger partial charge is 0.338 e. The van der Waals surface area contributed by atoms with E-state index in [1.54, 1.807) is 69.1 Å². The topological polar surface area (TPSA) is 83.0 Å². The van der Waals surface area contributed by atoms with Crippen molar-refractivity contribution in [3.8, 4) is 5.75 Å². The van der Waals surface area contributed by atoms with Gasteiger partial charge in [-0.1, -0.05) is 23.5 Å². The molecule has 1 aliphatic heterocycles. The van der Waals surface area contributed by atoms with Gasteiger partial charge in [0.15, 0.2) is 4.80 Å². The maximum Gasteiger partial charge on any atom is 0.338 e. The Bertz CT molecular complexity index is 1310. The molecule has 0 fully saturated rings. The molecule has 2 aromatic heterocycles. The minimum absolute atomic E-state index is 0.247. The molecule has 0 N–H and O–H groups in total. The second-order valence-electron chi connectivity index (χ2n) is 7.32. The third-order valence-electron chi connectivity index (χ3n) is 4.83. The normalized spacial score (nSPS) is 16.3. The lowest BCUT2D eigenvalue weighted by Crippen LogP contribution is -2.40. The molecule has 3 heterocycles. The van der Waals surface area contributed by atoms with Gasteiger partial charge in [0.05, 0.1) is 41.3 Å². The lowest BCUT2D eigenvalue weighted by atomic mass is 9.96. The summed E-state index contributed by atoms with van der Waals surface area (Å²) in [6, 6.07) is 10.2. The fourth-order valence-electron chi connectivity index (χ4n) is 3.46. The largest absolute Gasteiger partial charge is 0.497 e. The lowest BCUT2D eigenvalue weighted by Gasteiger charge is -2.25. The van der Waals surface area contributed by atoms with Crippen molar-refractivity contribution >= 4 is 23.4 Å². The Kier molecular flexibility index (Phi) is 5.65. The standard InChI is InChI=1S/C23H22N2O5S/c1-13(2)30-22(27)19-14(3)24-23-25(20(19)15-7-9-16(28-4)10-8-15)21(26)18(31-23)12-17-6-5-11-29-17/h5-13,20H,1-4H3/b18-12-. The van der Waals surface area contributed by atoms with Gasteiger partial charge in [-0.05, 0) is 50.6 Å². The molecule has 0 radical (unpaired) electrons. The number of hydrogen-bond donors (Lipinski definition) is 0. The highest BCUT2D eigenvalue weighted by Gasteiger charge is 2.33. The summed E-state index contributed by atoms with van der Waals surface area (Å²) in [5.74, 6) is 0.764. The first-order valence-electron chi connectivity index (χ1n) is 9.80. The molecule has 0 saturated heterocycles. The summed E-state index contributed by atoms with van der Waals surface area (Å²) >= 11 is 1.25. The number of hydrogen-bond acceptors (Lipinski definition) is 7. The minimum Gasteiger partial charge on any atom is -0.497 e. The molecule has 1 atom stereocenters. The Morgan fingerprint density at radius 3 is 2.61 bits per heavy atom. The first-order chi connectivity index (χ1) is 14.9. The SMILES string of the molecule is COc1ccc(C2C(C(=O)OC(C)C)=C(C)N=c3s/c(=C\c4ccco4)c(=O)n32)cc1. The lowest BCUT2D eigenvalue weighted by molar-refractivity contribution is -0.143. The Morgan fingerprint density at radius 2 is 2.00 bits per heavy atom. The number of rotatable bonds is 5. The Hall–Kier alpha value is -3.39. The van der Waals surface area contributed by atoms with Crippen LogP contribution in [0.3, 0.4) is 0 Å². The molecule has 4 rings (SSSR count). The summed E-state index contributed by atoms with van der Waals surface area (Å²) < 4.78 is 18.1. The van der Waals surface area contributed by atoms with Gasteiger partial charge >= 0.3 is 5.97 Å². The second-order valence-corrected chi connectivity index (χ2v) is 8.33. The van der Waals surface area contributed by atoms with E-state index in [0.29, 0.717) is 32.1 Å². The molecule has 0 saturated carbocycles. The monoisotopic (exact) mass is 438 g/mol. The molecule has 160 valence electrons. The van der Waals surface area contributed by atoms with Crippen molar-refractivity contribution in [3.05, 3.63) is 84.9 Å². The van der Waals surface area contributed by atoms with E-state index in [1.165, 1.54) is 11.3 Å². The average molecular weight is 439 g/mol. The van der Waals surface area contributed by atoms with E-state index < -0.39 is 12.0 Å². The van der Waals surface area contributed by atoms with Crippen molar-refractivity contribution in [3.63, 3.8) is 0 Å². The zero-order chi connectivity index (χ0) is 22.1. The van der Waals surface area contributed by atoms with Crippen LogP contribution in [0.25, 0.3) is 6.08 Å². The Labute approximate surface area is 182 Å². The van der Waals surface area contributed by atoms with E-state index in [0.717, 1.165) is 5.56 Å². The zero-order valence-electron chi connectivity index (χ0n) is 17.6. The van der Waals surface area contributed by atoms with Gasteiger partial charge in [-0.3, -0.25) is 9.36 Å². The van der Waals surface area contributed by atoms with Gasteiger partial charge in [0.1, 0.15) is 11.5 Å². The van der Waals surface area contributed by atoms with Gasteiger partial charge in [0.25, 0.3) is 5.56 Å². The maximum atomic E-state index is 13.4. The number of esters is 1. The number of nitrogens with zero attached hydrogens (tertiary/aromatic N) is 2. The number of fused-ring (bicyclic) bond motifs is 1. The van der Waals surface area contributed by atoms with Crippen LogP contribution in [0, 0.1) is 0 Å². The van der Waals surface area contributed by atoms with Crippen LogP contribution < -0.4 is 19.6 Å². The number of allylic oxidation sites excluding steroid dienone is 1.